The summed E-state index contributed by atoms with van der Waals surface area (Å²) in [5, 5.41) is 9.34. The van der Waals surface area contributed by atoms with Gasteiger partial charge < -0.3 is 14.9 Å². The van der Waals surface area contributed by atoms with Gasteiger partial charge in [0.15, 0.2) is 0 Å². The Balaban J connectivity index is 2.15. The third kappa shape index (κ3) is 2.69. The normalized spacial score (nSPS) is 30.5. The Bertz CT molecular complexity index is 381. The lowest BCUT2D eigenvalue weighted by molar-refractivity contribution is -0.144. The second-order valence-corrected chi connectivity index (χ2v) is 6.53. The largest absolute Gasteiger partial charge is 0.480 e. The molecule has 2 saturated heterocycles. The van der Waals surface area contributed by atoms with E-state index in [0.717, 1.165) is 25.8 Å². The first kappa shape index (κ1) is 14.2. The number of piperidine rings is 1. The lowest BCUT2D eigenvalue weighted by Crippen LogP contribution is -2.57. The Morgan fingerprint density at radius 1 is 1.26 bits per heavy atom. The maximum atomic E-state index is 12.6. The Labute approximate surface area is 114 Å². The molecule has 0 saturated carbocycles. The van der Waals surface area contributed by atoms with Gasteiger partial charge in [0.05, 0.1) is 0 Å². The SMILES string of the molecule is CC1CCN(C(=O)N2CCCC2(C)C)C(C(=O)O)C1. The van der Waals surface area contributed by atoms with E-state index in [1.54, 1.807) is 4.90 Å². The molecule has 2 rings (SSSR count). The zero-order valence-corrected chi connectivity index (χ0v) is 12.1. The molecular formula is C14H24N2O3. The van der Waals surface area contributed by atoms with Crippen molar-refractivity contribution in [3.8, 4) is 0 Å². The van der Waals surface area contributed by atoms with Crippen LogP contribution in [-0.4, -0.2) is 51.6 Å². The van der Waals surface area contributed by atoms with Gasteiger partial charge in [0.2, 0.25) is 0 Å². The number of nitrogens with zero attached hydrogens (tertiary/aromatic N) is 2. The highest BCUT2D eigenvalue weighted by Crippen LogP contribution is 2.31. The van der Waals surface area contributed by atoms with Crippen molar-refractivity contribution < 1.29 is 14.7 Å². The summed E-state index contributed by atoms with van der Waals surface area (Å²) in [6.07, 6.45) is 3.45. The van der Waals surface area contributed by atoms with Gasteiger partial charge in [-0.3, -0.25) is 0 Å². The minimum Gasteiger partial charge on any atom is -0.480 e. The molecule has 0 aromatic carbocycles. The topological polar surface area (TPSA) is 60.9 Å². The van der Waals surface area contributed by atoms with Crippen LogP contribution in [-0.2, 0) is 4.79 Å². The van der Waals surface area contributed by atoms with Gasteiger partial charge >= 0.3 is 12.0 Å². The number of likely N-dealkylation sites (tertiary alicyclic amines) is 2. The molecule has 108 valence electrons. The van der Waals surface area contributed by atoms with Crippen LogP contribution in [0.1, 0.15) is 46.5 Å². The highest BCUT2D eigenvalue weighted by atomic mass is 16.4. The predicted molar refractivity (Wildman–Crippen MR) is 71.9 cm³/mol. The zero-order valence-electron chi connectivity index (χ0n) is 12.1. The molecule has 0 aromatic rings. The molecule has 0 radical (unpaired) electrons. The second-order valence-electron chi connectivity index (χ2n) is 6.53. The molecule has 2 atom stereocenters. The summed E-state index contributed by atoms with van der Waals surface area (Å²) < 4.78 is 0. The van der Waals surface area contributed by atoms with E-state index >= 15 is 0 Å². The summed E-state index contributed by atoms with van der Waals surface area (Å²) in [5.41, 5.74) is -0.150. The van der Waals surface area contributed by atoms with E-state index < -0.39 is 12.0 Å². The average molecular weight is 268 g/mol. The summed E-state index contributed by atoms with van der Waals surface area (Å²) in [6, 6.07) is -0.755. The lowest BCUT2D eigenvalue weighted by Gasteiger charge is -2.41. The molecule has 2 aliphatic heterocycles. The number of carboxylic acid groups (broad SMARTS) is 1. The molecule has 0 bridgehead atoms. The molecule has 2 heterocycles. The number of aliphatic carboxylic acids is 1. The van der Waals surface area contributed by atoms with Gasteiger partial charge in [-0.2, -0.15) is 0 Å². The van der Waals surface area contributed by atoms with Crippen molar-refractivity contribution in [1.82, 2.24) is 9.80 Å². The molecule has 2 fully saturated rings. The third-order valence-corrected chi connectivity index (χ3v) is 4.53. The smallest absolute Gasteiger partial charge is 0.326 e. The van der Waals surface area contributed by atoms with Gasteiger partial charge in [-0.1, -0.05) is 6.92 Å². The van der Waals surface area contributed by atoms with Gasteiger partial charge in [-0.25, -0.2) is 9.59 Å². The number of rotatable bonds is 1. The fourth-order valence-corrected chi connectivity index (χ4v) is 3.22. The molecule has 0 aliphatic carbocycles. The van der Waals surface area contributed by atoms with Crippen molar-refractivity contribution in [2.75, 3.05) is 13.1 Å². The van der Waals surface area contributed by atoms with Crippen molar-refractivity contribution in [1.29, 1.82) is 0 Å². The van der Waals surface area contributed by atoms with Crippen LogP contribution >= 0.6 is 0 Å². The molecule has 0 spiro atoms. The molecular weight excluding hydrogens is 244 g/mol. The van der Waals surface area contributed by atoms with E-state index in [2.05, 4.69) is 20.8 Å². The Morgan fingerprint density at radius 2 is 1.95 bits per heavy atom. The summed E-state index contributed by atoms with van der Waals surface area (Å²) in [4.78, 5) is 27.4. The zero-order chi connectivity index (χ0) is 14.2. The van der Waals surface area contributed by atoms with Gasteiger partial charge in [0.25, 0.3) is 0 Å². The fourth-order valence-electron chi connectivity index (χ4n) is 3.22. The van der Waals surface area contributed by atoms with Crippen molar-refractivity contribution in [2.24, 2.45) is 5.92 Å². The first-order valence-electron chi connectivity index (χ1n) is 7.14. The van der Waals surface area contributed by atoms with Crippen molar-refractivity contribution in [2.45, 2.75) is 58.0 Å². The standard InChI is InChI=1S/C14H24N2O3/c1-10-5-8-15(11(9-10)12(17)18)13(19)16-7-4-6-14(16,2)3/h10-11H,4-9H2,1-3H3,(H,17,18). The van der Waals surface area contributed by atoms with E-state index in [1.165, 1.54) is 0 Å². The maximum Gasteiger partial charge on any atom is 0.326 e. The van der Waals surface area contributed by atoms with E-state index in [9.17, 15) is 14.7 Å². The van der Waals surface area contributed by atoms with E-state index in [-0.39, 0.29) is 11.6 Å². The first-order valence-corrected chi connectivity index (χ1v) is 7.14. The highest BCUT2D eigenvalue weighted by molar-refractivity contribution is 5.83. The number of carbonyl (C=O) groups is 2. The Kier molecular flexibility index (Phi) is 3.74. The van der Waals surface area contributed by atoms with Crippen LogP contribution in [0.25, 0.3) is 0 Å². The monoisotopic (exact) mass is 268 g/mol. The predicted octanol–water partition coefficient (Wildman–Crippen LogP) is 2.17. The Morgan fingerprint density at radius 3 is 2.47 bits per heavy atom. The van der Waals surface area contributed by atoms with Crippen LogP contribution in [0.5, 0.6) is 0 Å². The first-order chi connectivity index (χ1) is 8.83. The maximum absolute atomic E-state index is 12.6. The summed E-state index contributed by atoms with van der Waals surface area (Å²) in [7, 11) is 0. The van der Waals surface area contributed by atoms with Gasteiger partial charge in [0, 0.05) is 18.6 Å². The number of carboxylic acids is 1. The molecule has 0 aromatic heterocycles. The number of amides is 2. The Hall–Kier alpha value is -1.26. The number of hydrogen-bond donors (Lipinski definition) is 1. The van der Waals surface area contributed by atoms with E-state index in [1.807, 2.05) is 4.90 Å². The summed E-state index contributed by atoms with van der Waals surface area (Å²) in [5.74, 6) is -0.506. The second kappa shape index (κ2) is 5.02. The molecule has 2 aliphatic rings. The lowest BCUT2D eigenvalue weighted by atomic mass is 9.92. The minimum absolute atomic E-state index is 0.0956. The van der Waals surface area contributed by atoms with Crippen molar-refractivity contribution in [3.05, 3.63) is 0 Å². The van der Waals surface area contributed by atoms with Crippen molar-refractivity contribution >= 4 is 12.0 Å². The van der Waals surface area contributed by atoms with Crippen LogP contribution in [0, 0.1) is 5.92 Å². The highest BCUT2D eigenvalue weighted by Gasteiger charge is 2.42. The van der Waals surface area contributed by atoms with Gasteiger partial charge in [-0.05, 0) is 45.4 Å². The van der Waals surface area contributed by atoms with Crippen LogP contribution in [0.15, 0.2) is 0 Å². The molecule has 1 N–H and O–H groups in total. The van der Waals surface area contributed by atoms with Gasteiger partial charge in [0.1, 0.15) is 6.04 Å². The van der Waals surface area contributed by atoms with Gasteiger partial charge in [-0.15, -0.1) is 0 Å². The molecule has 2 unspecified atom stereocenters. The van der Waals surface area contributed by atoms with Crippen LogP contribution < -0.4 is 0 Å². The quantitative estimate of drug-likeness (QED) is 0.792. The molecule has 2 amide bonds. The van der Waals surface area contributed by atoms with Crippen LogP contribution in [0.2, 0.25) is 0 Å². The number of hydrogen-bond acceptors (Lipinski definition) is 2. The fraction of sp³-hybridized carbons (Fsp3) is 0.857. The molecule has 19 heavy (non-hydrogen) atoms. The van der Waals surface area contributed by atoms with E-state index in [0.29, 0.717) is 18.9 Å². The minimum atomic E-state index is -0.878. The van der Waals surface area contributed by atoms with E-state index in [4.69, 9.17) is 0 Å². The average Bonchev–Trinajstić information content (AvgIpc) is 2.68. The number of carbonyl (C=O) groups excluding carboxylic acids is 1. The molecule has 5 nitrogen and oxygen atoms in total. The van der Waals surface area contributed by atoms with Crippen LogP contribution in [0.3, 0.4) is 0 Å². The number of urea groups is 1. The summed E-state index contributed by atoms with van der Waals surface area (Å²) >= 11 is 0. The summed E-state index contributed by atoms with van der Waals surface area (Å²) in [6.45, 7) is 7.46. The third-order valence-electron chi connectivity index (χ3n) is 4.53. The van der Waals surface area contributed by atoms with Crippen LogP contribution in [0.4, 0.5) is 4.79 Å². The molecule has 5 heteroatoms. The van der Waals surface area contributed by atoms with Crippen molar-refractivity contribution in [3.63, 3.8) is 0 Å².